The molecule has 1 saturated heterocycles. The number of aryl methyl sites for hydroxylation is 1. The van der Waals surface area contributed by atoms with Crippen molar-refractivity contribution in [3.63, 3.8) is 0 Å². The molecule has 0 radical (unpaired) electrons. The first-order chi connectivity index (χ1) is 8.70. The maximum Gasteiger partial charge on any atom is 0.101 e. The van der Waals surface area contributed by atoms with Gasteiger partial charge in [0.05, 0.1) is 5.56 Å². The van der Waals surface area contributed by atoms with E-state index in [0.717, 1.165) is 44.0 Å². The van der Waals surface area contributed by atoms with E-state index in [4.69, 9.17) is 5.26 Å². The van der Waals surface area contributed by atoms with Crippen LogP contribution in [0.1, 0.15) is 29.7 Å². The van der Waals surface area contributed by atoms with Crippen LogP contribution in [0.25, 0.3) is 0 Å². The van der Waals surface area contributed by atoms with Crippen LogP contribution in [0.5, 0.6) is 0 Å². The van der Waals surface area contributed by atoms with E-state index in [2.05, 4.69) is 28.2 Å². The Morgan fingerprint density at radius 1 is 1.50 bits per heavy atom. The summed E-state index contributed by atoms with van der Waals surface area (Å²) in [5, 5.41) is 12.3. The van der Waals surface area contributed by atoms with Gasteiger partial charge < -0.3 is 10.2 Å². The Bertz CT molecular complexity index is 444. The molecule has 4 nitrogen and oxygen atoms in total. The van der Waals surface area contributed by atoms with Gasteiger partial charge in [0.2, 0.25) is 0 Å². The average Bonchev–Trinajstić information content (AvgIpc) is 2.39. The number of hydrogen-bond acceptors (Lipinski definition) is 4. The second kappa shape index (κ2) is 5.94. The molecule has 0 amide bonds. The molecule has 4 heteroatoms. The van der Waals surface area contributed by atoms with Gasteiger partial charge in [-0.05, 0) is 18.6 Å². The average molecular weight is 244 g/mol. The van der Waals surface area contributed by atoms with E-state index < -0.39 is 0 Å². The van der Waals surface area contributed by atoms with Crippen LogP contribution in [0.3, 0.4) is 0 Å². The lowest BCUT2D eigenvalue weighted by Gasteiger charge is -2.29. The summed E-state index contributed by atoms with van der Waals surface area (Å²) in [5.41, 5.74) is 2.79. The Kier molecular flexibility index (Phi) is 4.29. The van der Waals surface area contributed by atoms with Crippen LogP contribution in [-0.2, 0) is 0 Å². The van der Waals surface area contributed by atoms with Gasteiger partial charge in [0, 0.05) is 50.5 Å². The summed E-state index contributed by atoms with van der Waals surface area (Å²) in [6.45, 7) is 9.59. The third-order valence-electron chi connectivity index (χ3n) is 3.50. The number of aromatic nitrogens is 1. The minimum atomic E-state index is 0.412. The van der Waals surface area contributed by atoms with Crippen molar-refractivity contribution < 1.29 is 0 Å². The Hall–Kier alpha value is -1.44. The lowest BCUT2D eigenvalue weighted by molar-refractivity contribution is 0.229. The summed E-state index contributed by atoms with van der Waals surface area (Å²) in [5.74, 6) is 0.412. The lowest BCUT2D eigenvalue weighted by Crippen LogP contribution is -2.44. The van der Waals surface area contributed by atoms with Gasteiger partial charge in [0.25, 0.3) is 0 Å². The van der Waals surface area contributed by atoms with Crippen LogP contribution in [0.15, 0.2) is 12.3 Å². The summed E-state index contributed by atoms with van der Waals surface area (Å²) < 4.78 is 0. The van der Waals surface area contributed by atoms with Gasteiger partial charge in [0.15, 0.2) is 0 Å². The molecule has 2 heterocycles. The lowest BCUT2D eigenvalue weighted by atomic mass is 10.0. The molecule has 1 unspecified atom stereocenters. The molecule has 1 aromatic rings. The fraction of sp³-hybridized carbons (Fsp3) is 0.571. The van der Waals surface area contributed by atoms with E-state index in [1.165, 1.54) is 0 Å². The van der Waals surface area contributed by atoms with Crippen molar-refractivity contribution in [2.24, 2.45) is 0 Å². The van der Waals surface area contributed by atoms with Gasteiger partial charge in [-0.25, -0.2) is 0 Å². The number of rotatable bonds is 3. The number of nitrogens with one attached hydrogen (secondary N) is 1. The highest BCUT2D eigenvalue weighted by molar-refractivity contribution is 5.36. The van der Waals surface area contributed by atoms with Crippen molar-refractivity contribution in [2.75, 3.05) is 32.7 Å². The number of nitrogens with zero attached hydrogens (tertiary/aromatic N) is 3. The van der Waals surface area contributed by atoms with Crippen LogP contribution in [0.2, 0.25) is 0 Å². The normalized spacial score (nSPS) is 18.3. The Labute approximate surface area is 109 Å². The number of nitriles is 1. The quantitative estimate of drug-likeness (QED) is 0.870. The summed E-state index contributed by atoms with van der Waals surface area (Å²) in [6, 6.07) is 4.21. The molecule has 1 aliphatic heterocycles. The van der Waals surface area contributed by atoms with Crippen molar-refractivity contribution >= 4 is 0 Å². The number of piperazine rings is 1. The van der Waals surface area contributed by atoms with E-state index >= 15 is 0 Å². The predicted molar refractivity (Wildman–Crippen MR) is 71.4 cm³/mol. The zero-order valence-corrected chi connectivity index (χ0v) is 11.1. The minimum absolute atomic E-state index is 0.412. The van der Waals surface area contributed by atoms with Crippen molar-refractivity contribution in [2.45, 2.75) is 19.8 Å². The number of pyridine rings is 1. The Balaban J connectivity index is 2.02. The molecular formula is C14H20N4. The van der Waals surface area contributed by atoms with E-state index in [1.54, 1.807) is 6.20 Å². The monoisotopic (exact) mass is 244 g/mol. The summed E-state index contributed by atoms with van der Waals surface area (Å²) >= 11 is 0. The molecule has 1 N–H and O–H groups in total. The molecule has 1 atom stereocenters. The van der Waals surface area contributed by atoms with Gasteiger partial charge in [-0.3, -0.25) is 4.98 Å². The molecule has 1 aliphatic rings. The Morgan fingerprint density at radius 3 is 2.83 bits per heavy atom. The van der Waals surface area contributed by atoms with Crippen LogP contribution in [0.4, 0.5) is 0 Å². The molecule has 0 saturated carbocycles. The zero-order valence-electron chi connectivity index (χ0n) is 11.1. The van der Waals surface area contributed by atoms with E-state index in [-0.39, 0.29) is 0 Å². The standard InChI is InChI=1S/C14H20N4/c1-11-7-14(17-9-13(11)8-15)12(2)10-18-5-3-16-4-6-18/h7,9,12,16H,3-6,10H2,1-2H3. The van der Waals surface area contributed by atoms with Crippen molar-refractivity contribution in [3.05, 3.63) is 29.1 Å². The largest absolute Gasteiger partial charge is 0.314 e. The topological polar surface area (TPSA) is 52.0 Å². The maximum absolute atomic E-state index is 8.90. The minimum Gasteiger partial charge on any atom is -0.314 e. The fourth-order valence-electron chi connectivity index (χ4n) is 2.34. The van der Waals surface area contributed by atoms with Gasteiger partial charge >= 0.3 is 0 Å². The van der Waals surface area contributed by atoms with Gasteiger partial charge in [-0.2, -0.15) is 5.26 Å². The van der Waals surface area contributed by atoms with Crippen molar-refractivity contribution in [1.82, 2.24) is 15.2 Å². The predicted octanol–water partition coefficient (Wildman–Crippen LogP) is 1.27. The van der Waals surface area contributed by atoms with Crippen LogP contribution in [-0.4, -0.2) is 42.6 Å². The second-order valence-corrected chi connectivity index (χ2v) is 4.99. The fourth-order valence-corrected chi connectivity index (χ4v) is 2.34. The highest BCUT2D eigenvalue weighted by atomic mass is 15.2. The van der Waals surface area contributed by atoms with Gasteiger partial charge in [-0.1, -0.05) is 6.92 Å². The van der Waals surface area contributed by atoms with Crippen LogP contribution >= 0.6 is 0 Å². The van der Waals surface area contributed by atoms with E-state index in [1.807, 2.05) is 13.0 Å². The molecule has 0 bridgehead atoms. The molecular weight excluding hydrogens is 224 g/mol. The SMILES string of the molecule is Cc1cc(C(C)CN2CCNCC2)ncc1C#N. The van der Waals surface area contributed by atoms with Crippen LogP contribution < -0.4 is 5.32 Å². The maximum atomic E-state index is 8.90. The smallest absolute Gasteiger partial charge is 0.101 e. The third-order valence-corrected chi connectivity index (χ3v) is 3.50. The first-order valence-electron chi connectivity index (χ1n) is 6.50. The zero-order chi connectivity index (χ0) is 13.0. The summed E-state index contributed by atoms with van der Waals surface area (Å²) in [7, 11) is 0. The highest BCUT2D eigenvalue weighted by Gasteiger charge is 2.15. The molecule has 1 aromatic heterocycles. The molecule has 1 fully saturated rings. The van der Waals surface area contributed by atoms with Crippen LogP contribution in [0, 0.1) is 18.3 Å². The van der Waals surface area contributed by atoms with Crippen molar-refractivity contribution in [3.8, 4) is 6.07 Å². The second-order valence-electron chi connectivity index (χ2n) is 4.99. The molecule has 0 aliphatic carbocycles. The van der Waals surface area contributed by atoms with Gasteiger partial charge in [0.1, 0.15) is 6.07 Å². The van der Waals surface area contributed by atoms with Crippen molar-refractivity contribution in [1.29, 1.82) is 5.26 Å². The first kappa shape index (κ1) is 13.0. The van der Waals surface area contributed by atoms with E-state index in [0.29, 0.717) is 11.5 Å². The molecule has 18 heavy (non-hydrogen) atoms. The molecule has 96 valence electrons. The van der Waals surface area contributed by atoms with E-state index in [9.17, 15) is 0 Å². The highest BCUT2D eigenvalue weighted by Crippen LogP contribution is 2.17. The molecule has 0 spiro atoms. The summed E-state index contributed by atoms with van der Waals surface area (Å²) in [4.78, 5) is 6.88. The Morgan fingerprint density at radius 2 is 2.22 bits per heavy atom. The third kappa shape index (κ3) is 3.06. The molecule has 2 rings (SSSR count). The first-order valence-corrected chi connectivity index (χ1v) is 6.50. The number of hydrogen-bond donors (Lipinski definition) is 1. The summed E-state index contributed by atoms with van der Waals surface area (Å²) in [6.07, 6.45) is 1.69. The van der Waals surface area contributed by atoms with Gasteiger partial charge in [-0.15, -0.1) is 0 Å². The molecule has 0 aromatic carbocycles.